The van der Waals surface area contributed by atoms with Gasteiger partial charge in [0.05, 0.1) is 19.4 Å². The Kier molecular flexibility index (Phi) is 3.52. The van der Waals surface area contributed by atoms with Crippen LogP contribution in [0.25, 0.3) is 0 Å². The van der Waals surface area contributed by atoms with Gasteiger partial charge in [-0.3, -0.25) is 4.68 Å². The predicted octanol–water partition coefficient (Wildman–Crippen LogP) is 2.07. The Morgan fingerprint density at radius 1 is 1.24 bits per heavy atom. The second kappa shape index (κ2) is 5.38. The molecule has 1 N–H and O–H groups in total. The van der Waals surface area contributed by atoms with Crippen molar-refractivity contribution in [3.8, 4) is 0 Å². The number of fused-ring (bicyclic) bond motifs is 1. The average molecular weight is 291 g/mol. The monoisotopic (exact) mass is 291 g/mol. The quantitative estimate of drug-likeness (QED) is 0.906. The number of nitrogens with zero attached hydrogens (tertiary/aromatic N) is 2. The summed E-state index contributed by atoms with van der Waals surface area (Å²) < 4.78 is 13.7. The maximum absolute atomic E-state index is 5.82. The highest BCUT2D eigenvalue weighted by atomic mass is 16.7. The summed E-state index contributed by atoms with van der Waals surface area (Å²) in [5.74, 6) is -0.246. The standard InChI is InChI=1S/C16H25N3O2/c1-19-15-4-2-3-14(13(15)11-17-19)18-12-5-7-16(8-6-12)20-9-10-21-16/h11-12,14,18H,2-10H2,1H3. The highest BCUT2D eigenvalue weighted by Gasteiger charge is 2.40. The van der Waals surface area contributed by atoms with Crippen molar-refractivity contribution >= 4 is 0 Å². The van der Waals surface area contributed by atoms with Crippen LogP contribution >= 0.6 is 0 Å². The summed E-state index contributed by atoms with van der Waals surface area (Å²) in [7, 11) is 2.06. The first-order valence-corrected chi connectivity index (χ1v) is 8.30. The fraction of sp³-hybridized carbons (Fsp3) is 0.812. The van der Waals surface area contributed by atoms with Gasteiger partial charge in [0.2, 0.25) is 0 Å². The Balaban J connectivity index is 1.39. The Hall–Kier alpha value is -0.910. The molecule has 3 aliphatic rings. The van der Waals surface area contributed by atoms with Crippen LogP contribution in [0.4, 0.5) is 0 Å². The lowest BCUT2D eigenvalue weighted by molar-refractivity contribution is -0.179. The van der Waals surface area contributed by atoms with Crippen molar-refractivity contribution in [2.45, 2.75) is 62.8 Å². The van der Waals surface area contributed by atoms with E-state index in [9.17, 15) is 0 Å². The summed E-state index contributed by atoms with van der Waals surface area (Å²) >= 11 is 0. The molecule has 2 fully saturated rings. The van der Waals surface area contributed by atoms with Gasteiger partial charge < -0.3 is 14.8 Å². The van der Waals surface area contributed by atoms with Crippen molar-refractivity contribution in [1.82, 2.24) is 15.1 Å². The van der Waals surface area contributed by atoms with Gasteiger partial charge in [-0.05, 0) is 32.1 Å². The minimum atomic E-state index is -0.246. The summed E-state index contributed by atoms with van der Waals surface area (Å²) in [5.41, 5.74) is 2.82. The SMILES string of the molecule is Cn1ncc2c1CCCC2NC1CCC2(CC1)OCCO2. The smallest absolute Gasteiger partial charge is 0.168 e. The maximum atomic E-state index is 5.82. The fourth-order valence-corrected chi connectivity index (χ4v) is 4.17. The number of ether oxygens (including phenoxy) is 2. The molecule has 5 heteroatoms. The van der Waals surface area contributed by atoms with Crippen LogP contribution in [0, 0.1) is 0 Å². The first-order chi connectivity index (χ1) is 10.3. The molecule has 1 atom stereocenters. The second-order valence-corrected chi connectivity index (χ2v) is 6.66. The van der Waals surface area contributed by atoms with Crippen molar-refractivity contribution in [2.75, 3.05) is 13.2 Å². The van der Waals surface area contributed by atoms with Crippen LogP contribution in [0.15, 0.2) is 6.20 Å². The zero-order valence-corrected chi connectivity index (χ0v) is 12.8. The van der Waals surface area contributed by atoms with Crippen molar-refractivity contribution in [2.24, 2.45) is 7.05 Å². The van der Waals surface area contributed by atoms with Crippen LogP contribution in [-0.4, -0.2) is 34.8 Å². The van der Waals surface area contributed by atoms with Crippen LogP contribution < -0.4 is 5.32 Å². The fourth-order valence-electron chi connectivity index (χ4n) is 4.17. The molecule has 0 aromatic carbocycles. The highest BCUT2D eigenvalue weighted by Crippen LogP contribution is 2.37. The van der Waals surface area contributed by atoms with E-state index in [0.717, 1.165) is 38.9 Å². The Bertz CT molecular complexity index is 498. The van der Waals surface area contributed by atoms with Gasteiger partial charge in [0, 0.05) is 43.2 Å². The van der Waals surface area contributed by atoms with Gasteiger partial charge in [-0.25, -0.2) is 0 Å². The van der Waals surface area contributed by atoms with E-state index in [1.54, 1.807) is 0 Å². The lowest BCUT2D eigenvalue weighted by atomic mass is 9.87. The van der Waals surface area contributed by atoms with Crippen LogP contribution in [0.3, 0.4) is 0 Å². The van der Waals surface area contributed by atoms with Crippen LogP contribution in [0.5, 0.6) is 0 Å². The largest absolute Gasteiger partial charge is 0.348 e. The summed E-state index contributed by atoms with van der Waals surface area (Å²) in [5, 5.41) is 8.31. The molecule has 1 spiro atoms. The first kappa shape index (κ1) is 13.7. The van der Waals surface area contributed by atoms with E-state index in [1.807, 2.05) is 4.68 Å². The molecule has 1 unspecified atom stereocenters. The number of nitrogens with one attached hydrogen (secondary N) is 1. The number of aryl methyl sites for hydroxylation is 1. The third kappa shape index (κ3) is 2.51. The normalized spacial score (nSPS) is 28.9. The zero-order chi connectivity index (χ0) is 14.3. The number of aromatic nitrogens is 2. The van der Waals surface area contributed by atoms with Gasteiger partial charge in [-0.2, -0.15) is 5.10 Å². The van der Waals surface area contributed by atoms with Crippen molar-refractivity contribution < 1.29 is 9.47 Å². The third-order valence-corrected chi connectivity index (χ3v) is 5.37. The van der Waals surface area contributed by atoms with Crippen molar-refractivity contribution in [3.05, 3.63) is 17.5 Å². The minimum Gasteiger partial charge on any atom is -0.348 e. The van der Waals surface area contributed by atoms with Crippen molar-refractivity contribution in [3.63, 3.8) is 0 Å². The molecule has 2 aliphatic carbocycles. The third-order valence-electron chi connectivity index (χ3n) is 5.37. The van der Waals surface area contributed by atoms with E-state index in [2.05, 4.69) is 23.7 Å². The summed E-state index contributed by atoms with van der Waals surface area (Å²) in [6.45, 7) is 1.53. The van der Waals surface area contributed by atoms with Crippen LogP contribution in [0.2, 0.25) is 0 Å². The van der Waals surface area contributed by atoms with E-state index in [4.69, 9.17) is 9.47 Å². The number of hydrogen-bond acceptors (Lipinski definition) is 4. The van der Waals surface area contributed by atoms with E-state index in [-0.39, 0.29) is 5.79 Å². The second-order valence-electron chi connectivity index (χ2n) is 6.66. The first-order valence-electron chi connectivity index (χ1n) is 8.30. The lowest BCUT2D eigenvalue weighted by Crippen LogP contribution is -2.43. The molecule has 1 aromatic rings. The average Bonchev–Trinajstić information content (AvgIpc) is 3.11. The molecule has 0 amide bonds. The van der Waals surface area contributed by atoms with E-state index >= 15 is 0 Å². The molecule has 1 saturated heterocycles. The summed E-state index contributed by atoms with van der Waals surface area (Å²) in [4.78, 5) is 0. The van der Waals surface area contributed by atoms with Gasteiger partial charge in [0.25, 0.3) is 0 Å². The van der Waals surface area contributed by atoms with Crippen molar-refractivity contribution in [1.29, 1.82) is 0 Å². The predicted molar refractivity (Wildman–Crippen MR) is 78.9 cm³/mol. The molecule has 1 aromatic heterocycles. The number of rotatable bonds is 2. The molecule has 2 heterocycles. The molecule has 5 nitrogen and oxygen atoms in total. The number of hydrogen-bond donors (Lipinski definition) is 1. The topological polar surface area (TPSA) is 48.3 Å². The molecular weight excluding hydrogens is 266 g/mol. The van der Waals surface area contributed by atoms with Gasteiger partial charge in [-0.15, -0.1) is 0 Å². The minimum absolute atomic E-state index is 0.246. The molecular formula is C16H25N3O2. The van der Waals surface area contributed by atoms with Crippen LogP contribution in [0.1, 0.15) is 55.8 Å². The van der Waals surface area contributed by atoms with Gasteiger partial charge in [-0.1, -0.05) is 0 Å². The highest BCUT2D eigenvalue weighted by molar-refractivity contribution is 5.24. The molecule has 0 radical (unpaired) electrons. The molecule has 116 valence electrons. The summed E-state index contributed by atoms with van der Waals surface area (Å²) in [6.07, 6.45) is 10.0. The van der Waals surface area contributed by atoms with Gasteiger partial charge in [0.1, 0.15) is 0 Å². The maximum Gasteiger partial charge on any atom is 0.168 e. The van der Waals surface area contributed by atoms with Gasteiger partial charge >= 0.3 is 0 Å². The molecule has 4 rings (SSSR count). The van der Waals surface area contributed by atoms with Gasteiger partial charge in [0.15, 0.2) is 5.79 Å². The Morgan fingerprint density at radius 3 is 2.76 bits per heavy atom. The van der Waals surface area contributed by atoms with E-state index in [0.29, 0.717) is 12.1 Å². The van der Waals surface area contributed by atoms with E-state index in [1.165, 1.54) is 30.5 Å². The molecule has 1 aliphatic heterocycles. The molecule has 21 heavy (non-hydrogen) atoms. The lowest BCUT2D eigenvalue weighted by Gasteiger charge is -2.37. The zero-order valence-electron chi connectivity index (χ0n) is 12.8. The molecule has 0 bridgehead atoms. The summed E-state index contributed by atoms with van der Waals surface area (Å²) in [6, 6.07) is 1.06. The molecule has 1 saturated carbocycles. The Labute approximate surface area is 126 Å². The Morgan fingerprint density at radius 2 is 2.00 bits per heavy atom. The van der Waals surface area contributed by atoms with Crippen LogP contribution in [-0.2, 0) is 22.9 Å². The van der Waals surface area contributed by atoms with E-state index < -0.39 is 0 Å².